The van der Waals surface area contributed by atoms with Crippen molar-refractivity contribution in [2.24, 2.45) is 0 Å². The van der Waals surface area contributed by atoms with Crippen LogP contribution in [0.15, 0.2) is 40.4 Å². The van der Waals surface area contributed by atoms with Crippen molar-refractivity contribution in [3.05, 3.63) is 67.2 Å². The smallest absolute Gasteiger partial charge is 0.342 e. The number of aromatic nitrogens is 4. The van der Waals surface area contributed by atoms with E-state index < -0.39 is 4.92 Å². The Morgan fingerprint density at radius 1 is 1.26 bits per heavy atom. The first-order valence-electron chi connectivity index (χ1n) is 11.0. The van der Waals surface area contributed by atoms with Crippen LogP contribution >= 0.6 is 23.1 Å². The molecule has 34 heavy (non-hydrogen) atoms. The number of nitro groups is 1. The number of ether oxygens (including phenoxy) is 1. The lowest BCUT2D eigenvalue weighted by atomic mass is 9.97. The van der Waals surface area contributed by atoms with Gasteiger partial charge in [-0.05, 0) is 48.3 Å². The van der Waals surface area contributed by atoms with Crippen LogP contribution in [0.4, 0.5) is 5.82 Å². The van der Waals surface area contributed by atoms with Crippen LogP contribution in [0, 0.1) is 17.0 Å². The minimum absolute atomic E-state index is 0.0467. The fourth-order valence-electron chi connectivity index (χ4n) is 4.42. The first-order chi connectivity index (χ1) is 16.5. The topological polar surface area (TPSA) is 105 Å². The molecule has 0 unspecified atom stereocenters. The third kappa shape index (κ3) is 3.88. The second kappa shape index (κ2) is 9.22. The summed E-state index contributed by atoms with van der Waals surface area (Å²) in [5.74, 6) is 1.59. The molecule has 0 amide bonds. The van der Waals surface area contributed by atoms with Crippen molar-refractivity contribution in [3.63, 3.8) is 0 Å². The Hall–Kier alpha value is -3.18. The molecule has 9 nitrogen and oxygen atoms in total. The summed E-state index contributed by atoms with van der Waals surface area (Å²) in [6.45, 7) is 2.11. The van der Waals surface area contributed by atoms with Crippen LogP contribution in [0.3, 0.4) is 0 Å². The van der Waals surface area contributed by atoms with Crippen molar-refractivity contribution >= 4 is 39.1 Å². The van der Waals surface area contributed by atoms with Crippen LogP contribution in [0.5, 0.6) is 5.75 Å². The minimum atomic E-state index is -0.435. The summed E-state index contributed by atoms with van der Waals surface area (Å²) in [6, 6.07) is 7.40. The van der Waals surface area contributed by atoms with Gasteiger partial charge in [0.1, 0.15) is 23.3 Å². The summed E-state index contributed by atoms with van der Waals surface area (Å²) < 4.78 is 8.75. The first-order valence-corrected chi connectivity index (χ1v) is 12.8. The molecule has 0 fully saturated rings. The van der Waals surface area contributed by atoms with Crippen LogP contribution in [0.25, 0.3) is 15.9 Å². The summed E-state index contributed by atoms with van der Waals surface area (Å²) in [4.78, 5) is 35.8. The van der Waals surface area contributed by atoms with Gasteiger partial charge in [0.25, 0.3) is 5.56 Å². The average Bonchev–Trinajstić information content (AvgIpc) is 3.39. The minimum Gasteiger partial charge on any atom is -0.495 e. The third-order valence-corrected chi connectivity index (χ3v) is 8.16. The summed E-state index contributed by atoms with van der Waals surface area (Å²) in [6.07, 6.45) is 5.35. The third-order valence-electron chi connectivity index (χ3n) is 6.05. The maximum Gasteiger partial charge on any atom is 0.342 e. The lowest BCUT2D eigenvalue weighted by Crippen LogP contribution is -2.23. The molecule has 4 aromatic rings. The molecule has 0 saturated carbocycles. The van der Waals surface area contributed by atoms with Gasteiger partial charge in [0, 0.05) is 17.6 Å². The maximum absolute atomic E-state index is 13.9. The van der Waals surface area contributed by atoms with Gasteiger partial charge in [0.15, 0.2) is 11.0 Å². The zero-order valence-electron chi connectivity index (χ0n) is 18.8. The summed E-state index contributed by atoms with van der Waals surface area (Å²) >= 11 is 3.00. The molecule has 0 radical (unpaired) electrons. The zero-order chi connectivity index (χ0) is 23.8. The molecule has 0 bridgehead atoms. The number of nitrogens with zero attached hydrogens (tertiary/aromatic N) is 5. The summed E-state index contributed by atoms with van der Waals surface area (Å²) in [7, 11) is 1.58. The van der Waals surface area contributed by atoms with Gasteiger partial charge in [-0.3, -0.25) is 9.36 Å². The van der Waals surface area contributed by atoms with Crippen molar-refractivity contribution in [2.45, 2.75) is 44.3 Å². The van der Waals surface area contributed by atoms with E-state index in [9.17, 15) is 14.9 Å². The van der Waals surface area contributed by atoms with E-state index in [0.717, 1.165) is 36.1 Å². The fraction of sp³-hybridized carbons (Fsp3) is 0.348. The van der Waals surface area contributed by atoms with Gasteiger partial charge in [-0.15, -0.1) is 11.3 Å². The van der Waals surface area contributed by atoms with E-state index in [0.29, 0.717) is 40.1 Å². The zero-order valence-corrected chi connectivity index (χ0v) is 20.4. The standard InChI is InChI=1S/C23H23N5O4S2/c1-14-24-13-19(28(30)31)26(14)11-12-33-23-25-21-20(15-7-3-6-10-18(15)34-21)22(29)27(23)16-8-4-5-9-17(16)32-2/h4-5,8-9,13H,3,6-7,10-12H2,1-2H3. The molecule has 0 saturated heterocycles. The predicted molar refractivity (Wildman–Crippen MR) is 133 cm³/mol. The van der Waals surface area contributed by atoms with Crippen molar-refractivity contribution in [2.75, 3.05) is 12.9 Å². The summed E-state index contributed by atoms with van der Waals surface area (Å²) in [5, 5.41) is 12.6. The number of thiophene rings is 1. The number of rotatable bonds is 7. The monoisotopic (exact) mass is 497 g/mol. The number of thioether (sulfide) groups is 1. The van der Waals surface area contributed by atoms with Crippen LogP contribution < -0.4 is 10.3 Å². The molecule has 1 aromatic carbocycles. The van der Waals surface area contributed by atoms with Crippen LogP contribution in [-0.2, 0) is 19.4 Å². The quantitative estimate of drug-likeness (QED) is 0.160. The van der Waals surface area contributed by atoms with Crippen LogP contribution in [0.2, 0.25) is 0 Å². The number of hydrogen-bond acceptors (Lipinski definition) is 8. The van der Waals surface area contributed by atoms with E-state index in [1.165, 1.54) is 22.8 Å². The van der Waals surface area contributed by atoms with E-state index in [2.05, 4.69) is 4.98 Å². The van der Waals surface area contributed by atoms with E-state index in [-0.39, 0.29) is 11.4 Å². The molecule has 11 heteroatoms. The Morgan fingerprint density at radius 2 is 2.06 bits per heavy atom. The van der Waals surface area contributed by atoms with Crippen molar-refractivity contribution in [3.8, 4) is 11.4 Å². The van der Waals surface area contributed by atoms with Gasteiger partial charge in [-0.2, -0.15) is 0 Å². The van der Waals surface area contributed by atoms with Crippen molar-refractivity contribution in [1.82, 2.24) is 19.1 Å². The van der Waals surface area contributed by atoms with Crippen LogP contribution in [0.1, 0.15) is 29.1 Å². The molecule has 0 N–H and O–H groups in total. The molecule has 0 atom stereocenters. The van der Waals surface area contributed by atoms with Crippen molar-refractivity contribution < 1.29 is 9.66 Å². The van der Waals surface area contributed by atoms with Gasteiger partial charge in [-0.25, -0.2) is 14.5 Å². The molecule has 176 valence electrons. The predicted octanol–water partition coefficient (Wildman–Crippen LogP) is 4.54. The Balaban J connectivity index is 1.60. The van der Waals surface area contributed by atoms with E-state index in [1.807, 2.05) is 24.3 Å². The van der Waals surface area contributed by atoms with Gasteiger partial charge in [0.2, 0.25) is 0 Å². The highest BCUT2D eigenvalue weighted by atomic mass is 32.2. The van der Waals surface area contributed by atoms with E-state index in [4.69, 9.17) is 9.72 Å². The Labute approximate surface area is 203 Å². The molecule has 5 rings (SSSR count). The molecule has 0 aliphatic heterocycles. The second-order valence-electron chi connectivity index (χ2n) is 8.02. The van der Waals surface area contributed by atoms with E-state index >= 15 is 0 Å². The lowest BCUT2D eigenvalue weighted by Gasteiger charge is -2.15. The van der Waals surface area contributed by atoms with Crippen molar-refractivity contribution in [1.29, 1.82) is 0 Å². The molecule has 3 aromatic heterocycles. The molecular weight excluding hydrogens is 474 g/mol. The van der Waals surface area contributed by atoms with Gasteiger partial charge in [0.05, 0.1) is 18.2 Å². The number of benzene rings is 1. The second-order valence-corrected chi connectivity index (χ2v) is 10.2. The van der Waals surface area contributed by atoms with E-state index in [1.54, 1.807) is 34.5 Å². The first kappa shape index (κ1) is 22.6. The molecule has 0 spiro atoms. The van der Waals surface area contributed by atoms with Gasteiger partial charge >= 0.3 is 5.82 Å². The molecule has 3 heterocycles. The average molecular weight is 498 g/mol. The number of aryl methyl sites for hydroxylation is 3. The van der Waals surface area contributed by atoms with Gasteiger partial charge < -0.3 is 14.9 Å². The highest BCUT2D eigenvalue weighted by Crippen LogP contribution is 2.36. The maximum atomic E-state index is 13.9. The van der Waals surface area contributed by atoms with Crippen LogP contribution in [-0.4, -0.2) is 36.9 Å². The fourth-order valence-corrected chi connectivity index (χ4v) is 6.65. The van der Waals surface area contributed by atoms with Gasteiger partial charge in [-0.1, -0.05) is 23.9 Å². The number of fused-ring (bicyclic) bond motifs is 3. The lowest BCUT2D eigenvalue weighted by molar-refractivity contribution is -0.392. The number of methoxy groups -OCH3 is 1. The SMILES string of the molecule is COc1ccccc1-n1c(SCCn2c([N+](=O)[O-])cnc2C)nc2sc3c(c2c1=O)CCCC3. The number of imidazole rings is 1. The summed E-state index contributed by atoms with van der Waals surface area (Å²) in [5.41, 5.74) is 1.67. The Morgan fingerprint density at radius 3 is 2.85 bits per heavy atom. The molecule has 1 aliphatic rings. The normalized spacial score (nSPS) is 13.2. The molecule has 1 aliphatic carbocycles. The number of para-hydroxylation sites is 2. The Kier molecular flexibility index (Phi) is 6.13. The Bertz CT molecular complexity index is 1460. The number of hydrogen-bond donors (Lipinski definition) is 0. The molecular formula is C23H23N5O4S2. The highest BCUT2D eigenvalue weighted by molar-refractivity contribution is 7.99. The highest BCUT2D eigenvalue weighted by Gasteiger charge is 2.24. The largest absolute Gasteiger partial charge is 0.495 e.